The molecule has 116 valence electrons. The number of aryl methyl sites for hydroxylation is 1. The second kappa shape index (κ2) is 7.22. The van der Waals surface area contributed by atoms with Crippen molar-refractivity contribution in [1.82, 2.24) is 9.97 Å². The van der Waals surface area contributed by atoms with Crippen LogP contribution in [0.1, 0.15) is 29.9 Å². The molecule has 0 saturated carbocycles. The Labute approximate surface area is 135 Å². The molecule has 0 saturated heterocycles. The van der Waals surface area contributed by atoms with Gasteiger partial charge in [-0.3, -0.25) is 4.79 Å². The van der Waals surface area contributed by atoms with Gasteiger partial charge in [0.15, 0.2) is 0 Å². The molecule has 0 spiro atoms. The van der Waals surface area contributed by atoms with E-state index in [4.69, 9.17) is 11.6 Å². The highest BCUT2D eigenvalue weighted by Gasteiger charge is 2.10. The number of anilines is 2. The number of nitrogens with one attached hydrogen (secondary N) is 2. The van der Waals surface area contributed by atoms with Crippen LogP contribution in [0.3, 0.4) is 0 Å². The van der Waals surface area contributed by atoms with Gasteiger partial charge in [-0.05, 0) is 30.5 Å². The fraction of sp³-hybridized carbons (Fsp3) is 0.312. The van der Waals surface area contributed by atoms with Crippen LogP contribution in [0.15, 0.2) is 30.6 Å². The molecular weight excluding hydrogens is 300 g/mol. The lowest BCUT2D eigenvalue weighted by molar-refractivity contribution is 0.102. The molecule has 2 rings (SSSR count). The molecule has 5 nitrogen and oxygen atoms in total. The van der Waals surface area contributed by atoms with E-state index in [1.165, 1.54) is 6.20 Å². The second-order valence-electron chi connectivity index (χ2n) is 5.47. The molecule has 2 aromatic rings. The summed E-state index contributed by atoms with van der Waals surface area (Å²) in [6.45, 7) is 6.92. The van der Waals surface area contributed by atoms with Crippen molar-refractivity contribution in [2.24, 2.45) is 5.92 Å². The highest BCUT2D eigenvalue weighted by Crippen LogP contribution is 2.20. The van der Waals surface area contributed by atoms with E-state index in [2.05, 4.69) is 34.4 Å². The number of benzene rings is 1. The molecule has 1 heterocycles. The quantitative estimate of drug-likeness (QED) is 0.881. The molecule has 0 aliphatic rings. The number of amides is 1. The molecule has 2 N–H and O–H groups in total. The number of carbonyl (C=O) groups excluding carboxylic acids is 1. The normalized spacial score (nSPS) is 10.6. The summed E-state index contributed by atoms with van der Waals surface area (Å²) in [5.41, 5.74) is 1.86. The summed E-state index contributed by atoms with van der Waals surface area (Å²) in [6.07, 6.45) is 3.01. The minimum Gasteiger partial charge on any atom is -0.369 e. The van der Waals surface area contributed by atoms with Crippen molar-refractivity contribution in [3.05, 3.63) is 46.9 Å². The summed E-state index contributed by atoms with van der Waals surface area (Å²) in [6, 6.07) is 5.34. The van der Waals surface area contributed by atoms with Gasteiger partial charge in [-0.15, -0.1) is 0 Å². The predicted octanol–water partition coefficient (Wildman–Crippen LogP) is 3.76. The number of halogens is 1. The van der Waals surface area contributed by atoms with Crippen molar-refractivity contribution >= 4 is 29.0 Å². The monoisotopic (exact) mass is 318 g/mol. The zero-order chi connectivity index (χ0) is 16.1. The lowest BCUT2D eigenvalue weighted by Gasteiger charge is -2.10. The average molecular weight is 319 g/mol. The third-order valence-corrected chi connectivity index (χ3v) is 3.26. The van der Waals surface area contributed by atoms with E-state index >= 15 is 0 Å². The van der Waals surface area contributed by atoms with Crippen LogP contribution in [-0.4, -0.2) is 22.4 Å². The maximum Gasteiger partial charge on any atom is 0.275 e. The summed E-state index contributed by atoms with van der Waals surface area (Å²) in [5, 5.41) is 6.51. The van der Waals surface area contributed by atoms with E-state index < -0.39 is 0 Å². The van der Waals surface area contributed by atoms with Crippen LogP contribution in [-0.2, 0) is 0 Å². The Bertz CT molecular complexity index is 656. The van der Waals surface area contributed by atoms with Crippen LogP contribution in [0.2, 0.25) is 5.02 Å². The topological polar surface area (TPSA) is 66.9 Å². The first-order valence-corrected chi connectivity index (χ1v) is 7.47. The molecule has 1 aromatic carbocycles. The first-order chi connectivity index (χ1) is 10.5. The van der Waals surface area contributed by atoms with Gasteiger partial charge >= 0.3 is 0 Å². The third-order valence-electron chi connectivity index (χ3n) is 3.02. The van der Waals surface area contributed by atoms with Gasteiger partial charge in [-0.1, -0.05) is 31.5 Å². The minimum absolute atomic E-state index is 0.259. The molecule has 6 heteroatoms. The maximum absolute atomic E-state index is 12.2. The lowest BCUT2D eigenvalue weighted by atomic mass is 10.2. The molecule has 0 radical (unpaired) electrons. The van der Waals surface area contributed by atoms with Crippen molar-refractivity contribution in [3.8, 4) is 0 Å². The van der Waals surface area contributed by atoms with Crippen molar-refractivity contribution in [1.29, 1.82) is 0 Å². The number of carbonyl (C=O) groups is 1. The van der Waals surface area contributed by atoms with Crippen molar-refractivity contribution < 1.29 is 4.79 Å². The number of nitrogens with zero attached hydrogens (tertiary/aromatic N) is 2. The van der Waals surface area contributed by atoms with E-state index in [1.54, 1.807) is 18.3 Å². The van der Waals surface area contributed by atoms with Crippen LogP contribution in [0, 0.1) is 12.8 Å². The zero-order valence-electron chi connectivity index (χ0n) is 12.9. The van der Waals surface area contributed by atoms with E-state index in [1.807, 2.05) is 13.0 Å². The molecule has 0 aliphatic carbocycles. The van der Waals surface area contributed by atoms with E-state index in [9.17, 15) is 4.79 Å². The summed E-state index contributed by atoms with van der Waals surface area (Å²) in [5.74, 6) is 0.855. The Kier molecular flexibility index (Phi) is 5.33. The van der Waals surface area contributed by atoms with Crippen LogP contribution in [0.5, 0.6) is 0 Å². The number of aromatic nitrogens is 2. The third kappa shape index (κ3) is 4.43. The van der Waals surface area contributed by atoms with Crippen LogP contribution < -0.4 is 10.6 Å². The first-order valence-electron chi connectivity index (χ1n) is 7.09. The van der Waals surface area contributed by atoms with Crippen LogP contribution >= 0.6 is 11.6 Å². The molecule has 22 heavy (non-hydrogen) atoms. The fourth-order valence-corrected chi connectivity index (χ4v) is 1.93. The summed E-state index contributed by atoms with van der Waals surface area (Å²) in [7, 11) is 0. The molecule has 0 unspecified atom stereocenters. The fourth-order valence-electron chi connectivity index (χ4n) is 1.76. The van der Waals surface area contributed by atoms with Gasteiger partial charge in [0, 0.05) is 17.3 Å². The Morgan fingerprint density at radius 3 is 2.68 bits per heavy atom. The minimum atomic E-state index is -0.312. The molecule has 0 aliphatic heterocycles. The summed E-state index contributed by atoms with van der Waals surface area (Å²) in [4.78, 5) is 20.5. The van der Waals surface area contributed by atoms with E-state index in [-0.39, 0.29) is 11.6 Å². The highest BCUT2D eigenvalue weighted by atomic mass is 35.5. The Morgan fingerprint density at radius 1 is 1.27 bits per heavy atom. The molecule has 0 bridgehead atoms. The van der Waals surface area contributed by atoms with Gasteiger partial charge in [-0.25, -0.2) is 9.97 Å². The lowest BCUT2D eigenvalue weighted by Crippen LogP contribution is -2.16. The Morgan fingerprint density at radius 2 is 2.05 bits per heavy atom. The van der Waals surface area contributed by atoms with Gasteiger partial charge in [0.25, 0.3) is 5.91 Å². The zero-order valence-corrected chi connectivity index (χ0v) is 13.6. The van der Waals surface area contributed by atoms with Gasteiger partial charge in [0.1, 0.15) is 11.5 Å². The smallest absolute Gasteiger partial charge is 0.275 e. The van der Waals surface area contributed by atoms with E-state index in [0.29, 0.717) is 22.4 Å². The average Bonchev–Trinajstić information content (AvgIpc) is 2.49. The molecule has 1 amide bonds. The van der Waals surface area contributed by atoms with Crippen molar-refractivity contribution in [3.63, 3.8) is 0 Å². The molecule has 1 aromatic heterocycles. The standard InChI is InChI=1S/C16H19ClN4O/c1-10(2)7-19-15-9-18-14(8-20-15)16(22)21-13-6-12(17)5-4-11(13)3/h4-6,8-10H,7H2,1-3H3,(H,19,20)(H,21,22). The van der Waals surface area contributed by atoms with Crippen molar-refractivity contribution in [2.75, 3.05) is 17.2 Å². The predicted molar refractivity (Wildman–Crippen MR) is 89.5 cm³/mol. The van der Waals surface area contributed by atoms with E-state index in [0.717, 1.165) is 12.1 Å². The van der Waals surface area contributed by atoms with Gasteiger partial charge < -0.3 is 10.6 Å². The molecule has 0 fully saturated rings. The van der Waals surface area contributed by atoms with Gasteiger partial charge in [0.2, 0.25) is 0 Å². The van der Waals surface area contributed by atoms with Gasteiger partial charge in [0.05, 0.1) is 12.4 Å². The Balaban J connectivity index is 2.05. The second-order valence-corrected chi connectivity index (χ2v) is 5.91. The summed E-state index contributed by atoms with van der Waals surface area (Å²) >= 11 is 5.94. The largest absolute Gasteiger partial charge is 0.369 e. The number of hydrogen-bond acceptors (Lipinski definition) is 4. The van der Waals surface area contributed by atoms with Gasteiger partial charge in [-0.2, -0.15) is 0 Å². The van der Waals surface area contributed by atoms with Crippen LogP contribution in [0.4, 0.5) is 11.5 Å². The maximum atomic E-state index is 12.2. The first kappa shape index (κ1) is 16.2. The highest BCUT2D eigenvalue weighted by molar-refractivity contribution is 6.31. The van der Waals surface area contributed by atoms with Crippen LogP contribution in [0.25, 0.3) is 0 Å². The number of hydrogen-bond donors (Lipinski definition) is 2. The SMILES string of the molecule is Cc1ccc(Cl)cc1NC(=O)c1cnc(NCC(C)C)cn1. The molecular formula is C16H19ClN4O. The molecule has 0 atom stereocenters. The Hall–Kier alpha value is -2.14. The van der Waals surface area contributed by atoms with Crippen molar-refractivity contribution in [2.45, 2.75) is 20.8 Å². The number of rotatable bonds is 5. The summed E-state index contributed by atoms with van der Waals surface area (Å²) < 4.78 is 0.